The molecule has 0 radical (unpaired) electrons. The average molecular weight is 451 g/mol. The van der Waals surface area contributed by atoms with Gasteiger partial charge in [0.1, 0.15) is 11.5 Å². The van der Waals surface area contributed by atoms with E-state index in [-0.39, 0.29) is 11.6 Å². The predicted octanol–water partition coefficient (Wildman–Crippen LogP) is 5.25. The first-order valence-corrected chi connectivity index (χ1v) is 9.47. The van der Waals surface area contributed by atoms with Gasteiger partial charge in [0.05, 0.1) is 28.5 Å². The maximum absolute atomic E-state index is 12.0. The number of anilines is 1. The lowest BCUT2D eigenvalue weighted by molar-refractivity contribution is -0.136. The van der Waals surface area contributed by atoms with Gasteiger partial charge in [-0.15, -0.1) is 0 Å². The average Bonchev–Trinajstić information content (AvgIpc) is 3.15. The molecule has 0 spiro atoms. The minimum atomic E-state index is -0.835. The molecule has 0 unspecified atom stereocenters. The van der Waals surface area contributed by atoms with E-state index in [1.54, 1.807) is 36.4 Å². The van der Waals surface area contributed by atoms with Gasteiger partial charge in [-0.1, -0.05) is 40.9 Å². The van der Waals surface area contributed by atoms with E-state index in [2.05, 4.69) is 15.6 Å². The summed E-state index contributed by atoms with van der Waals surface area (Å²) >= 11 is 17.6. The van der Waals surface area contributed by atoms with Crippen molar-refractivity contribution in [2.45, 2.75) is 6.54 Å². The largest absolute Gasteiger partial charge is 0.458 e. The lowest BCUT2D eigenvalue weighted by Gasteiger charge is -2.06. The van der Waals surface area contributed by atoms with Crippen molar-refractivity contribution in [3.63, 3.8) is 0 Å². The number of hydrogen-bond donors (Lipinski definition) is 2. The Bertz CT molecular complexity index is 1080. The summed E-state index contributed by atoms with van der Waals surface area (Å²) in [5.41, 5.74) is 1.04. The monoisotopic (exact) mass is 449 g/mol. The molecule has 3 rings (SSSR count). The number of hydrogen-bond acceptors (Lipinski definition) is 4. The first-order chi connectivity index (χ1) is 13.9. The molecule has 0 saturated heterocycles. The molecule has 1 aromatic heterocycles. The lowest BCUT2D eigenvalue weighted by atomic mass is 10.3. The van der Waals surface area contributed by atoms with E-state index in [1.165, 1.54) is 24.4 Å². The molecule has 29 heavy (non-hydrogen) atoms. The van der Waals surface area contributed by atoms with Crippen LogP contribution >= 0.6 is 34.8 Å². The Hall–Kier alpha value is -2.80. The molecule has 1 heterocycles. The summed E-state index contributed by atoms with van der Waals surface area (Å²) in [6.45, 7) is 0.0403. The second-order valence-corrected chi connectivity index (χ2v) is 7.06. The zero-order valence-corrected chi connectivity index (χ0v) is 17.1. The number of furan rings is 1. The van der Waals surface area contributed by atoms with E-state index in [0.29, 0.717) is 32.9 Å². The standard InChI is InChI=1S/C20H14Cl3N3O3/c21-12-2-1-3-13(8-12)24-10-15-5-6-16(29-15)11-25-19(27)20(28)26-14-4-7-17(22)18(23)9-14/h1-10H,11H2,(H,25,27)(H,26,28). The number of carbonyl (C=O) groups excluding carboxylic acids is 2. The summed E-state index contributed by atoms with van der Waals surface area (Å²) in [5.74, 6) is -0.693. The highest BCUT2D eigenvalue weighted by Crippen LogP contribution is 2.25. The zero-order chi connectivity index (χ0) is 20.8. The van der Waals surface area contributed by atoms with Crippen molar-refractivity contribution in [2.24, 2.45) is 4.99 Å². The van der Waals surface area contributed by atoms with Crippen LogP contribution in [0.5, 0.6) is 0 Å². The van der Waals surface area contributed by atoms with E-state index in [0.717, 1.165) is 0 Å². The Balaban J connectivity index is 1.52. The molecule has 0 saturated carbocycles. The number of benzene rings is 2. The first kappa shape index (κ1) is 20.9. The molecule has 0 aliphatic carbocycles. The van der Waals surface area contributed by atoms with Crippen LogP contribution < -0.4 is 10.6 Å². The van der Waals surface area contributed by atoms with Gasteiger partial charge >= 0.3 is 11.8 Å². The Morgan fingerprint density at radius 3 is 2.55 bits per heavy atom. The third-order valence-corrected chi connectivity index (χ3v) is 4.61. The fourth-order valence-electron chi connectivity index (χ4n) is 2.26. The van der Waals surface area contributed by atoms with Crippen molar-refractivity contribution in [1.82, 2.24) is 5.32 Å². The molecule has 6 nitrogen and oxygen atoms in total. The van der Waals surface area contributed by atoms with Gasteiger partial charge in [0.2, 0.25) is 0 Å². The number of carbonyl (C=O) groups is 2. The van der Waals surface area contributed by atoms with Gasteiger partial charge in [-0.2, -0.15) is 0 Å². The zero-order valence-electron chi connectivity index (χ0n) is 14.8. The maximum Gasteiger partial charge on any atom is 0.313 e. The first-order valence-electron chi connectivity index (χ1n) is 8.33. The molecular weight excluding hydrogens is 437 g/mol. The highest BCUT2D eigenvalue weighted by molar-refractivity contribution is 6.43. The molecular formula is C20H14Cl3N3O3. The van der Waals surface area contributed by atoms with Crippen LogP contribution in [0, 0.1) is 0 Å². The van der Waals surface area contributed by atoms with Gasteiger partial charge in [0, 0.05) is 10.7 Å². The van der Waals surface area contributed by atoms with Crippen molar-refractivity contribution in [2.75, 3.05) is 5.32 Å². The Kier molecular flexibility index (Phi) is 6.93. The normalized spacial score (nSPS) is 10.9. The Morgan fingerprint density at radius 1 is 0.966 bits per heavy atom. The highest BCUT2D eigenvalue weighted by atomic mass is 35.5. The smallest absolute Gasteiger partial charge is 0.313 e. The van der Waals surface area contributed by atoms with Crippen molar-refractivity contribution < 1.29 is 14.0 Å². The molecule has 9 heteroatoms. The van der Waals surface area contributed by atoms with E-state index < -0.39 is 11.8 Å². The molecule has 0 atom stereocenters. The number of nitrogens with one attached hydrogen (secondary N) is 2. The summed E-state index contributed by atoms with van der Waals surface area (Å²) in [5, 5.41) is 6.12. The summed E-state index contributed by atoms with van der Waals surface area (Å²) in [6, 6.07) is 15.0. The van der Waals surface area contributed by atoms with Crippen LogP contribution in [-0.2, 0) is 16.1 Å². The van der Waals surface area contributed by atoms with E-state index >= 15 is 0 Å². The van der Waals surface area contributed by atoms with Crippen LogP contribution in [0.3, 0.4) is 0 Å². The van der Waals surface area contributed by atoms with Crippen LogP contribution in [0.4, 0.5) is 11.4 Å². The molecule has 0 aliphatic heterocycles. The molecule has 0 aliphatic rings. The number of rotatable bonds is 5. The Labute approximate surface area is 181 Å². The number of halogens is 3. The third kappa shape index (κ3) is 6.09. The molecule has 3 aromatic rings. The van der Waals surface area contributed by atoms with Crippen LogP contribution in [-0.4, -0.2) is 18.0 Å². The minimum Gasteiger partial charge on any atom is -0.458 e. The topological polar surface area (TPSA) is 83.7 Å². The number of aliphatic imine (C=N–C) groups is 1. The molecule has 2 aromatic carbocycles. The van der Waals surface area contributed by atoms with Gasteiger partial charge < -0.3 is 15.1 Å². The minimum absolute atomic E-state index is 0.0403. The van der Waals surface area contributed by atoms with Gasteiger partial charge in [-0.3, -0.25) is 14.6 Å². The van der Waals surface area contributed by atoms with Crippen LogP contribution in [0.15, 0.2) is 64.0 Å². The van der Waals surface area contributed by atoms with Crippen molar-refractivity contribution in [3.05, 3.63) is 81.2 Å². The predicted molar refractivity (Wildman–Crippen MR) is 114 cm³/mol. The van der Waals surface area contributed by atoms with Gasteiger partial charge in [0.15, 0.2) is 0 Å². The summed E-state index contributed by atoms with van der Waals surface area (Å²) in [4.78, 5) is 28.2. The molecule has 2 N–H and O–H groups in total. The SMILES string of the molecule is O=C(NCc1ccc(C=Nc2cccc(Cl)c2)o1)C(=O)Nc1ccc(Cl)c(Cl)c1. The van der Waals surface area contributed by atoms with Crippen molar-refractivity contribution in [1.29, 1.82) is 0 Å². The van der Waals surface area contributed by atoms with Crippen molar-refractivity contribution >= 4 is 64.2 Å². The van der Waals surface area contributed by atoms with Gasteiger partial charge in [-0.05, 0) is 48.5 Å². The maximum atomic E-state index is 12.0. The fourth-order valence-corrected chi connectivity index (χ4v) is 2.75. The van der Waals surface area contributed by atoms with Gasteiger partial charge in [0.25, 0.3) is 0 Å². The summed E-state index contributed by atoms with van der Waals surface area (Å²) in [7, 11) is 0. The third-order valence-electron chi connectivity index (χ3n) is 3.64. The lowest BCUT2D eigenvalue weighted by Crippen LogP contribution is -2.34. The molecule has 148 valence electrons. The second-order valence-electron chi connectivity index (χ2n) is 5.81. The molecule has 0 fully saturated rings. The quantitative estimate of drug-likeness (QED) is 0.411. The fraction of sp³-hybridized carbons (Fsp3) is 0.0500. The van der Waals surface area contributed by atoms with Crippen molar-refractivity contribution in [3.8, 4) is 0 Å². The molecule has 2 amide bonds. The van der Waals surface area contributed by atoms with E-state index in [9.17, 15) is 9.59 Å². The second kappa shape index (κ2) is 9.60. The van der Waals surface area contributed by atoms with Crippen LogP contribution in [0.25, 0.3) is 0 Å². The van der Waals surface area contributed by atoms with Crippen LogP contribution in [0.2, 0.25) is 15.1 Å². The van der Waals surface area contributed by atoms with E-state index in [1.807, 2.05) is 0 Å². The molecule has 0 bridgehead atoms. The number of amides is 2. The Morgan fingerprint density at radius 2 is 1.79 bits per heavy atom. The van der Waals surface area contributed by atoms with E-state index in [4.69, 9.17) is 39.2 Å². The van der Waals surface area contributed by atoms with Gasteiger partial charge in [-0.25, -0.2) is 0 Å². The number of nitrogens with zero attached hydrogens (tertiary/aromatic N) is 1. The van der Waals surface area contributed by atoms with Crippen LogP contribution in [0.1, 0.15) is 11.5 Å². The summed E-state index contributed by atoms with van der Waals surface area (Å²) in [6.07, 6.45) is 1.54. The summed E-state index contributed by atoms with van der Waals surface area (Å²) < 4.78 is 5.55. The highest BCUT2D eigenvalue weighted by Gasteiger charge is 2.14.